The first-order valence-electron chi connectivity index (χ1n) is 44.9. The number of ether oxygens (including phenoxy) is 4. The molecule has 0 spiro atoms. The van der Waals surface area contributed by atoms with E-state index in [2.05, 4.69) is 19.2 Å². The predicted octanol–water partition coefficient (Wildman–Crippen LogP) is 21.6. The summed E-state index contributed by atoms with van der Waals surface area (Å²) in [6, 6.07) is -0.913. The largest absolute Gasteiger partial charge is 0.394 e. The van der Waals surface area contributed by atoms with E-state index in [0.29, 0.717) is 0 Å². The third-order valence-corrected chi connectivity index (χ3v) is 22.5. The van der Waals surface area contributed by atoms with Crippen molar-refractivity contribution in [2.45, 2.75) is 524 Å². The summed E-state index contributed by atoms with van der Waals surface area (Å²) in [7, 11) is 0. The number of unbranched alkanes of at least 4 members (excludes halogenated alkanes) is 65. The van der Waals surface area contributed by atoms with Gasteiger partial charge in [0.1, 0.15) is 48.8 Å². The van der Waals surface area contributed by atoms with Gasteiger partial charge in [0.15, 0.2) is 12.6 Å². The summed E-state index contributed by atoms with van der Waals surface area (Å²) < 4.78 is 23.0. The molecule has 1 amide bonds. The van der Waals surface area contributed by atoms with Gasteiger partial charge in [-0.25, -0.2) is 0 Å². The Morgan fingerprint density at radius 3 is 0.902 bits per heavy atom. The Morgan fingerprint density at radius 2 is 0.608 bits per heavy atom. The summed E-state index contributed by atoms with van der Waals surface area (Å²) in [6.07, 6.45) is 77.7. The third kappa shape index (κ3) is 54.3. The second kappa shape index (κ2) is 72.6. The van der Waals surface area contributed by atoms with Crippen LogP contribution < -0.4 is 5.32 Å². The van der Waals surface area contributed by atoms with Crippen LogP contribution in [0.25, 0.3) is 0 Å². The van der Waals surface area contributed by atoms with Crippen molar-refractivity contribution in [1.82, 2.24) is 5.32 Å². The van der Waals surface area contributed by atoms with Gasteiger partial charge in [-0.3, -0.25) is 4.79 Å². The molecule has 0 aromatic carbocycles. The zero-order valence-corrected chi connectivity index (χ0v) is 66.9. The highest BCUT2D eigenvalue weighted by Crippen LogP contribution is 2.31. The van der Waals surface area contributed by atoms with Crippen LogP contribution in [0.15, 0.2) is 12.2 Å². The van der Waals surface area contributed by atoms with Crippen molar-refractivity contribution < 1.29 is 64.6 Å². The molecule has 102 heavy (non-hydrogen) atoms. The fourth-order valence-electron chi connectivity index (χ4n) is 15.4. The number of aliphatic hydroxyl groups is 8. The molecule has 2 heterocycles. The van der Waals surface area contributed by atoms with Crippen LogP contribution >= 0.6 is 0 Å². The van der Waals surface area contributed by atoms with Crippen LogP contribution in [0.5, 0.6) is 0 Å². The van der Waals surface area contributed by atoms with Crippen molar-refractivity contribution in [3.8, 4) is 0 Å². The topological polar surface area (TPSA) is 228 Å². The Balaban J connectivity index is 1.56. The maximum absolute atomic E-state index is 13.4. The minimum Gasteiger partial charge on any atom is -0.394 e. The van der Waals surface area contributed by atoms with E-state index in [9.17, 15) is 45.6 Å². The van der Waals surface area contributed by atoms with E-state index in [0.717, 1.165) is 44.9 Å². The van der Waals surface area contributed by atoms with Crippen LogP contribution in [0, 0.1) is 0 Å². The van der Waals surface area contributed by atoms with Gasteiger partial charge in [0.25, 0.3) is 0 Å². The summed E-state index contributed by atoms with van der Waals surface area (Å²) in [4.78, 5) is 13.4. The number of nitrogens with one attached hydrogen (secondary N) is 1. The van der Waals surface area contributed by atoms with Gasteiger partial charge in [-0.2, -0.15) is 0 Å². The van der Waals surface area contributed by atoms with Gasteiger partial charge in [-0.15, -0.1) is 0 Å². The van der Waals surface area contributed by atoms with E-state index in [1.54, 1.807) is 6.08 Å². The molecule has 0 aromatic rings. The quantitative estimate of drug-likeness (QED) is 0.0204. The standard InChI is InChI=1S/C88H171NO13/c1-3-5-7-9-11-13-15-17-19-21-23-25-27-29-31-33-35-37-38-39-40-42-44-46-48-50-52-54-56-58-60-62-64-66-68-70-72-80(93)89-76(75-99-87-85(98)83(96)86(79(74-91)101-87)102-88-84(97)82(95)81(94)78(73-90)100-88)77(92)71-69-67-65-63-61-59-57-55-53-51-49-47-45-43-41-36-34-32-30-28-26-24-22-20-18-16-14-12-10-8-6-4-2/h69,71,76-79,81-88,90-92,94-98H,3-68,70,72-75H2,1-2H3,(H,89,93)/b71-69+. The first-order valence-corrected chi connectivity index (χ1v) is 44.9. The molecule has 9 N–H and O–H groups in total. The molecular formula is C88H171NO13. The summed E-state index contributed by atoms with van der Waals surface area (Å²) in [6.45, 7) is 2.89. The third-order valence-electron chi connectivity index (χ3n) is 22.5. The van der Waals surface area contributed by atoms with E-state index < -0.39 is 86.8 Å². The molecule has 2 fully saturated rings. The lowest BCUT2D eigenvalue weighted by atomic mass is 9.97. The van der Waals surface area contributed by atoms with Gasteiger partial charge in [0, 0.05) is 6.42 Å². The molecule has 0 saturated carbocycles. The second-order valence-electron chi connectivity index (χ2n) is 32.1. The highest BCUT2D eigenvalue weighted by molar-refractivity contribution is 5.76. The van der Waals surface area contributed by atoms with Crippen molar-refractivity contribution in [3.05, 3.63) is 12.2 Å². The van der Waals surface area contributed by atoms with Crippen LogP contribution in [0.3, 0.4) is 0 Å². The van der Waals surface area contributed by atoms with Crippen molar-refractivity contribution in [2.75, 3.05) is 19.8 Å². The number of carbonyl (C=O) groups is 1. The van der Waals surface area contributed by atoms with E-state index in [4.69, 9.17) is 18.9 Å². The molecule has 14 nitrogen and oxygen atoms in total. The molecule has 12 atom stereocenters. The molecule has 14 heteroatoms. The first-order chi connectivity index (χ1) is 50.1. The molecule has 2 aliphatic rings. The lowest BCUT2D eigenvalue weighted by Crippen LogP contribution is -2.65. The number of hydrogen-bond acceptors (Lipinski definition) is 13. The van der Waals surface area contributed by atoms with E-state index in [1.165, 1.54) is 385 Å². The Bertz CT molecular complexity index is 1760. The van der Waals surface area contributed by atoms with Gasteiger partial charge >= 0.3 is 0 Å². The lowest BCUT2D eigenvalue weighted by Gasteiger charge is -2.46. The Hall–Kier alpha value is -1.27. The monoisotopic (exact) mass is 1450 g/mol. The molecule has 0 bridgehead atoms. The molecule has 2 saturated heterocycles. The van der Waals surface area contributed by atoms with Crippen LogP contribution in [0.1, 0.15) is 450 Å². The van der Waals surface area contributed by atoms with E-state index >= 15 is 0 Å². The number of carbonyl (C=O) groups excluding carboxylic acids is 1. The number of amides is 1. The Morgan fingerprint density at radius 1 is 0.343 bits per heavy atom. The minimum atomic E-state index is -1.79. The number of hydrogen-bond donors (Lipinski definition) is 9. The van der Waals surface area contributed by atoms with Crippen molar-refractivity contribution >= 4 is 5.91 Å². The summed E-state index contributed by atoms with van der Waals surface area (Å²) in [5.41, 5.74) is 0. The molecular weight excluding hydrogens is 1280 g/mol. The van der Waals surface area contributed by atoms with Gasteiger partial charge in [-0.1, -0.05) is 437 Å². The normalized spacial score (nSPS) is 21.6. The molecule has 12 unspecified atom stereocenters. The average molecular weight is 1450 g/mol. The van der Waals surface area contributed by atoms with Crippen LogP contribution in [0.2, 0.25) is 0 Å². The number of allylic oxidation sites excluding steroid dienone is 1. The summed E-state index contributed by atoms with van der Waals surface area (Å²) >= 11 is 0. The molecule has 0 aromatic heterocycles. The highest BCUT2D eigenvalue weighted by atomic mass is 16.7. The van der Waals surface area contributed by atoms with Crippen LogP contribution in [0.4, 0.5) is 0 Å². The zero-order valence-electron chi connectivity index (χ0n) is 66.9. The van der Waals surface area contributed by atoms with Crippen molar-refractivity contribution in [3.63, 3.8) is 0 Å². The highest BCUT2D eigenvalue weighted by Gasteiger charge is 2.51. The fourth-order valence-corrected chi connectivity index (χ4v) is 15.4. The van der Waals surface area contributed by atoms with Crippen LogP contribution in [-0.2, 0) is 23.7 Å². The maximum atomic E-state index is 13.4. The number of aliphatic hydroxyl groups excluding tert-OH is 8. The van der Waals surface area contributed by atoms with Gasteiger partial charge in [0.05, 0.1) is 32.0 Å². The zero-order chi connectivity index (χ0) is 73.7. The Kier molecular flexibility index (Phi) is 68.9. The summed E-state index contributed by atoms with van der Waals surface area (Å²) in [5, 5.41) is 87.9. The second-order valence-corrected chi connectivity index (χ2v) is 32.1. The smallest absolute Gasteiger partial charge is 0.220 e. The molecule has 606 valence electrons. The molecule has 2 rings (SSSR count). The molecule has 0 radical (unpaired) electrons. The SMILES string of the molecule is CCCCCCCCCCCCCCCCCCCCCCCCCCCCCCCC/C=C/C(O)C(COC1OC(CO)C(OC2OC(CO)C(O)C(O)C2O)C(O)C1O)NC(=O)CCCCCCCCCCCCCCCCCCCCCCCCCCCCCCCCCCCCCC. The first kappa shape index (κ1) is 96.8. The van der Waals surface area contributed by atoms with Crippen molar-refractivity contribution in [1.29, 1.82) is 0 Å². The van der Waals surface area contributed by atoms with Gasteiger partial charge < -0.3 is 65.1 Å². The van der Waals surface area contributed by atoms with Crippen LogP contribution in [-0.4, -0.2) is 140 Å². The van der Waals surface area contributed by atoms with E-state index in [-0.39, 0.29) is 18.9 Å². The minimum absolute atomic E-state index is 0.227. The lowest BCUT2D eigenvalue weighted by molar-refractivity contribution is -0.359. The van der Waals surface area contributed by atoms with Gasteiger partial charge in [-0.05, 0) is 19.3 Å². The molecule has 2 aliphatic heterocycles. The number of rotatable bonds is 78. The fraction of sp³-hybridized carbons (Fsp3) is 0.966. The van der Waals surface area contributed by atoms with Crippen molar-refractivity contribution in [2.24, 2.45) is 0 Å². The van der Waals surface area contributed by atoms with E-state index in [1.807, 2.05) is 6.08 Å². The average Bonchev–Trinajstić information content (AvgIpc) is 0.790. The molecule has 0 aliphatic carbocycles. The maximum Gasteiger partial charge on any atom is 0.220 e. The predicted molar refractivity (Wildman–Crippen MR) is 425 cm³/mol. The summed E-state index contributed by atoms with van der Waals surface area (Å²) in [5.74, 6) is -0.227. The Labute approximate surface area is 628 Å². The van der Waals surface area contributed by atoms with Gasteiger partial charge in [0.2, 0.25) is 5.91 Å².